The van der Waals surface area contributed by atoms with E-state index < -0.39 is 0 Å². The molecule has 1 N–H and O–H groups in total. The smallest absolute Gasteiger partial charge is 0.0406 e. The van der Waals surface area contributed by atoms with Crippen LogP contribution in [-0.4, -0.2) is 24.1 Å². The van der Waals surface area contributed by atoms with Crippen molar-refractivity contribution in [2.24, 2.45) is 0 Å². The fourth-order valence-corrected chi connectivity index (χ4v) is 2.53. The van der Waals surface area contributed by atoms with E-state index in [1.807, 2.05) is 23.9 Å². The summed E-state index contributed by atoms with van der Waals surface area (Å²) in [5.41, 5.74) is 1.35. The topological polar surface area (TPSA) is 12.0 Å². The van der Waals surface area contributed by atoms with Gasteiger partial charge in [-0.05, 0) is 36.4 Å². The third-order valence-electron chi connectivity index (χ3n) is 2.41. The molecule has 0 aliphatic heterocycles. The molecule has 1 aromatic carbocycles. The van der Waals surface area contributed by atoms with Crippen LogP contribution in [0.3, 0.4) is 0 Å². The molecular formula is C13H20ClNS. The van der Waals surface area contributed by atoms with Gasteiger partial charge in [0.25, 0.3) is 0 Å². The van der Waals surface area contributed by atoms with Gasteiger partial charge in [0.1, 0.15) is 0 Å². The first-order chi connectivity index (χ1) is 7.76. The lowest BCUT2D eigenvalue weighted by Gasteiger charge is -2.17. The third-order valence-corrected chi connectivity index (χ3v) is 3.71. The maximum Gasteiger partial charge on any atom is 0.0406 e. The number of likely N-dealkylation sites (N-methyl/N-ethyl adjacent to an activating group) is 1. The second kappa shape index (κ2) is 7.99. The zero-order chi connectivity index (χ0) is 11.8. The molecule has 0 radical (unpaired) electrons. The molecule has 1 atom stereocenters. The summed E-state index contributed by atoms with van der Waals surface area (Å²) < 4.78 is 0. The minimum atomic E-state index is 0.566. The van der Waals surface area contributed by atoms with E-state index in [1.165, 1.54) is 17.1 Å². The molecule has 0 spiro atoms. The van der Waals surface area contributed by atoms with Crippen LogP contribution in [0.15, 0.2) is 24.3 Å². The minimum absolute atomic E-state index is 0.566. The molecule has 0 saturated heterocycles. The molecule has 0 aromatic heterocycles. The van der Waals surface area contributed by atoms with Gasteiger partial charge in [-0.3, -0.25) is 0 Å². The molecule has 16 heavy (non-hydrogen) atoms. The van der Waals surface area contributed by atoms with Gasteiger partial charge in [0.2, 0.25) is 0 Å². The molecule has 90 valence electrons. The quantitative estimate of drug-likeness (QED) is 0.801. The fourth-order valence-electron chi connectivity index (χ4n) is 1.64. The highest BCUT2D eigenvalue weighted by molar-refractivity contribution is 7.99. The van der Waals surface area contributed by atoms with Gasteiger partial charge in [-0.25, -0.2) is 0 Å². The van der Waals surface area contributed by atoms with E-state index >= 15 is 0 Å². The van der Waals surface area contributed by atoms with Gasteiger partial charge in [0.05, 0.1) is 0 Å². The zero-order valence-corrected chi connectivity index (χ0v) is 11.6. The SMILES string of the molecule is CCNC(CSCC)Cc1ccc(Cl)cc1. The maximum atomic E-state index is 5.87. The van der Waals surface area contributed by atoms with Crippen molar-refractivity contribution in [3.05, 3.63) is 34.9 Å². The summed E-state index contributed by atoms with van der Waals surface area (Å²) in [4.78, 5) is 0. The fraction of sp³-hybridized carbons (Fsp3) is 0.538. The standard InChI is InChI=1S/C13H20ClNS/c1-3-15-13(10-16-4-2)9-11-5-7-12(14)8-6-11/h5-8,13,15H,3-4,9-10H2,1-2H3. The zero-order valence-electron chi connectivity index (χ0n) is 10.0. The van der Waals surface area contributed by atoms with Crippen LogP contribution in [0.25, 0.3) is 0 Å². The lowest BCUT2D eigenvalue weighted by molar-refractivity contribution is 0.573. The highest BCUT2D eigenvalue weighted by atomic mass is 35.5. The number of hydrogen-bond acceptors (Lipinski definition) is 2. The van der Waals surface area contributed by atoms with Crippen LogP contribution >= 0.6 is 23.4 Å². The monoisotopic (exact) mass is 257 g/mol. The second-order valence-electron chi connectivity index (χ2n) is 3.74. The number of halogens is 1. The van der Waals surface area contributed by atoms with Gasteiger partial charge in [0, 0.05) is 16.8 Å². The predicted octanol–water partition coefficient (Wildman–Crippen LogP) is 3.61. The van der Waals surface area contributed by atoms with Gasteiger partial charge in [-0.2, -0.15) is 11.8 Å². The molecular weight excluding hydrogens is 238 g/mol. The molecule has 0 amide bonds. The van der Waals surface area contributed by atoms with Crippen molar-refractivity contribution in [2.75, 3.05) is 18.1 Å². The lowest BCUT2D eigenvalue weighted by atomic mass is 10.1. The van der Waals surface area contributed by atoms with Gasteiger partial charge in [-0.15, -0.1) is 0 Å². The molecule has 1 aromatic rings. The Hall–Kier alpha value is -0.180. The van der Waals surface area contributed by atoms with E-state index in [-0.39, 0.29) is 0 Å². The van der Waals surface area contributed by atoms with Crippen molar-refractivity contribution in [1.82, 2.24) is 5.32 Å². The molecule has 1 nitrogen and oxygen atoms in total. The van der Waals surface area contributed by atoms with Gasteiger partial charge < -0.3 is 5.32 Å². The number of thioether (sulfide) groups is 1. The summed E-state index contributed by atoms with van der Waals surface area (Å²) in [6.07, 6.45) is 1.08. The van der Waals surface area contributed by atoms with E-state index in [1.54, 1.807) is 0 Å². The van der Waals surface area contributed by atoms with Crippen molar-refractivity contribution in [1.29, 1.82) is 0 Å². The first kappa shape index (κ1) is 13.9. The Morgan fingerprint density at radius 1 is 1.25 bits per heavy atom. The first-order valence-corrected chi connectivity index (χ1v) is 7.35. The highest BCUT2D eigenvalue weighted by Crippen LogP contribution is 2.13. The van der Waals surface area contributed by atoms with Crippen molar-refractivity contribution < 1.29 is 0 Å². The molecule has 0 bridgehead atoms. The van der Waals surface area contributed by atoms with E-state index in [4.69, 9.17) is 11.6 Å². The van der Waals surface area contributed by atoms with Crippen molar-refractivity contribution in [3.8, 4) is 0 Å². The number of hydrogen-bond donors (Lipinski definition) is 1. The van der Waals surface area contributed by atoms with Gasteiger partial charge in [-0.1, -0.05) is 37.6 Å². The largest absolute Gasteiger partial charge is 0.313 e. The molecule has 0 aliphatic rings. The summed E-state index contributed by atoms with van der Waals surface area (Å²) >= 11 is 7.86. The molecule has 0 fully saturated rings. The normalized spacial score (nSPS) is 12.7. The first-order valence-electron chi connectivity index (χ1n) is 5.81. The second-order valence-corrected chi connectivity index (χ2v) is 5.50. The van der Waals surface area contributed by atoms with Crippen LogP contribution in [0, 0.1) is 0 Å². The van der Waals surface area contributed by atoms with E-state index in [0.717, 1.165) is 18.0 Å². The summed E-state index contributed by atoms with van der Waals surface area (Å²) in [5, 5.41) is 4.34. The predicted molar refractivity (Wildman–Crippen MR) is 75.6 cm³/mol. The van der Waals surface area contributed by atoms with Crippen molar-refractivity contribution >= 4 is 23.4 Å². The summed E-state index contributed by atoms with van der Waals surface area (Å²) in [7, 11) is 0. The number of nitrogens with one attached hydrogen (secondary N) is 1. The summed E-state index contributed by atoms with van der Waals surface area (Å²) in [5.74, 6) is 2.36. The van der Waals surface area contributed by atoms with E-state index in [0.29, 0.717) is 6.04 Å². The summed E-state index contributed by atoms with van der Waals surface area (Å²) in [6, 6.07) is 8.72. The van der Waals surface area contributed by atoms with Gasteiger partial charge in [0.15, 0.2) is 0 Å². The number of rotatable bonds is 7. The van der Waals surface area contributed by atoms with E-state index in [9.17, 15) is 0 Å². The van der Waals surface area contributed by atoms with Gasteiger partial charge >= 0.3 is 0 Å². The minimum Gasteiger partial charge on any atom is -0.313 e. The van der Waals surface area contributed by atoms with Crippen LogP contribution in [0.1, 0.15) is 19.4 Å². The van der Waals surface area contributed by atoms with Crippen LogP contribution in [-0.2, 0) is 6.42 Å². The Kier molecular flexibility index (Phi) is 6.93. The summed E-state index contributed by atoms with van der Waals surface area (Å²) in [6.45, 7) is 5.39. The molecule has 0 heterocycles. The average molecular weight is 258 g/mol. The Labute approximate surface area is 108 Å². The molecule has 1 unspecified atom stereocenters. The highest BCUT2D eigenvalue weighted by Gasteiger charge is 2.07. The average Bonchev–Trinajstić information content (AvgIpc) is 2.29. The molecule has 3 heteroatoms. The Morgan fingerprint density at radius 2 is 1.94 bits per heavy atom. The Bertz CT molecular complexity index is 286. The maximum absolute atomic E-state index is 5.87. The van der Waals surface area contributed by atoms with Crippen molar-refractivity contribution in [2.45, 2.75) is 26.3 Å². The molecule has 1 rings (SSSR count). The number of benzene rings is 1. The Morgan fingerprint density at radius 3 is 2.50 bits per heavy atom. The van der Waals surface area contributed by atoms with Crippen LogP contribution < -0.4 is 5.32 Å². The van der Waals surface area contributed by atoms with Crippen LogP contribution in [0.2, 0.25) is 5.02 Å². The third kappa shape index (κ3) is 5.24. The molecule has 0 aliphatic carbocycles. The van der Waals surface area contributed by atoms with Crippen LogP contribution in [0.4, 0.5) is 0 Å². The Balaban J connectivity index is 2.49. The molecule has 0 saturated carbocycles. The van der Waals surface area contributed by atoms with Crippen LogP contribution in [0.5, 0.6) is 0 Å². The van der Waals surface area contributed by atoms with Crippen molar-refractivity contribution in [3.63, 3.8) is 0 Å². The lowest BCUT2D eigenvalue weighted by Crippen LogP contribution is -2.33. The van der Waals surface area contributed by atoms with E-state index in [2.05, 4.69) is 31.3 Å².